The standard InChI is InChI=1S/C15H14N2O2S/c1-19-15(18)14(12-5-3-2-4-6-12)17-9-13-7-11(8-16)10-20-13/h2-7,10,14,17H,9H2,1H3. The van der Waals surface area contributed by atoms with Gasteiger partial charge in [0, 0.05) is 16.8 Å². The summed E-state index contributed by atoms with van der Waals surface area (Å²) in [5, 5.41) is 13.8. The van der Waals surface area contributed by atoms with E-state index in [0.717, 1.165) is 10.4 Å². The Hall–Kier alpha value is -2.16. The molecule has 0 aliphatic rings. The molecule has 4 nitrogen and oxygen atoms in total. The molecular formula is C15H14N2O2S. The lowest BCUT2D eigenvalue weighted by Gasteiger charge is -2.16. The molecule has 1 aromatic heterocycles. The van der Waals surface area contributed by atoms with Gasteiger partial charge in [0.05, 0.1) is 12.7 Å². The van der Waals surface area contributed by atoms with Gasteiger partial charge in [-0.25, -0.2) is 4.79 Å². The van der Waals surface area contributed by atoms with E-state index in [0.29, 0.717) is 12.1 Å². The second kappa shape index (κ2) is 6.85. The predicted molar refractivity (Wildman–Crippen MR) is 77.1 cm³/mol. The van der Waals surface area contributed by atoms with Gasteiger partial charge in [-0.05, 0) is 11.6 Å². The molecule has 1 heterocycles. The second-order valence-electron chi connectivity index (χ2n) is 4.16. The third-order valence-electron chi connectivity index (χ3n) is 2.83. The van der Waals surface area contributed by atoms with Crippen LogP contribution in [0.2, 0.25) is 0 Å². The van der Waals surface area contributed by atoms with Gasteiger partial charge in [-0.15, -0.1) is 11.3 Å². The summed E-state index contributed by atoms with van der Waals surface area (Å²) < 4.78 is 4.83. The van der Waals surface area contributed by atoms with Crippen molar-refractivity contribution in [1.82, 2.24) is 5.32 Å². The minimum atomic E-state index is -0.506. The predicted octanol–water partition coefficient (Wildman–Crippen LogP) is 2.62. The van der Waals surface area contributed by atoms with Crippen molar-refractivity contribution in [1.29, 1.82) is 5.26 Å². The quantitative estimate of drug-likeness (QED) is 0.858. The molecule has 5 heteroatoms. The van der Waals surface area contributed by atoms with E-state index in [1.54, 1.807) is 5.38 Å². The Labute approximate surface area is 121 Å². The van der Waals surface area contributed by atoms with Gasteiger partial charge in [-0.2, -0.15) is 5.26 Å². The zero-order chi connectivity index (χ0) is 14.4. The SMILES string of the molecule is COC(=O)C(NCc1cc(C#N)cs1)c1ccccc1. The van der Waals surface area contributed by atoms with Crippen LogP contribution in [-0.4, -0.2) is 13.1 Å². The van der Waals surface area contributed by atoms with Crippen LogP contribution in [0, 0.1) is 11.3 Å². The summed E-state index contributed by atoms with van der Waals surface area (Å²) in [6.45, 7) is 0.515. The van der Waals surface area contributed by atoms with Crippen LogP contribution in [0.1, 0.15) is 22.0 Å². The molecule has 0 radical (unpaired) electrons. The summed E-state index contributed by atoms with van der Waals surface area (Å²) in [6.07, 6.45) is 0. The molecule has 0 aliphatic carbocycles. The number of methoxy groups -OCH3 is 1. The summed E-state index contributed by atoms with van der Waals surface area (Å²) in [5.41, 5.74) is 1.50. The minimum absolute atomic E-state index is 0.326. The normalized spacial score (nSPS) is 11.6. The number of nitrogens with zero attached hydrogens (tertiary/aromatic N) is 1. The zero-order valence-electron chi connectivity index (χ0n) is 11.0. The third kappa shape index (κ3) is 3.44. The largest absolute Gasteiger partial charge is 0.468 e. The number of esters is 1. The summed E-state index contributed by atoms with van der Waals surface area (Å²) in [5.74, 6) is -0.326. The first-order valence-corrected chi connectivity index (χ1v) is 6.96. The van der Waals surface area contributed by atoms with E-state index in [1.165, 1.54) is 18.4 Å². The fourth-order valence-corrected chi connectivity index (χ4v) is 2.60. The smallest absolute Gasteiger partial charge is 0.327 e. The van der Waals surface area contributed by atoms with Crippen LogP contribution < -0.4 is 5.32 Å². The number of ether oxygens (including phenoxy) is 1. The van der Waals surface area contributed by atoms with Crippen molar-refractivity contribution in [2.75, 3.05) is 7.11 Å². The molecule has 0 aliphatic heterocycles. The molecule has 0 amide bonds. The highest BCUT2D eigenvalue weighted by molar-refractivity contribution is 7.10. The molecule has 1 N–H and O–H groups in total. The Bertz CT molecular complexity index is 616. The fraction of sp³-hybridized carbons (Fsp3) is 0.200. The molecule has 1 unspecified atom stereocenters. The first-order valence-electron chi connectivity index (χ1n) is 6.08. The monoisotopic (exact) mass is 286 g/mol. The Morgan fingerprint density at radius 3 is 2.80 bits per heavy atom. The van der Waals surface area contributed by atoms with Crippen molar-refractivity contribution in [3.05, 3.63) is 57.8 Å². The van der Waals surface area contributed by atoms with E-state index in [2.05, 4.69) is 11.4 Å². The van der Waals surface area contributed by atoms with E-state index >= 15 is 0 Å². The number of carbonyl (C=O) groups excluding carboxylic acids is 1. The lowest BCUT2D eigenvalue weighted by Crippen LogP contribution is -2.29. The molecule has 0 bridgehead atoms. The second-order valence-corrected chi connectivity index (χ2v) is 5.16. The molecular weight excluding hydrogens is 272 g/mol. The van der Waals surface area contributed by atoms with E-state index in [1.807, 2.05) is 36.4 Å². The molecule has 0 saturated heterocycles. The molecule has 1 atom stereocenters. The number of carbonyl (C=O) groups is 1. The highest BCUT2D eigenvalue weighted by Crippen LogP contribution is 2.18. The van der Waals surface area contributed by atoms with Crippen LogP contribution in [-0.2, 0) is 16.1 Å². The lowest BCUT2D eigenvalue weighted by molar-refractivity contribution is -0.143. The Morgan fingerprint density at radius 1 is 1.45 bits per heavy atom. The van der Waals surface area contributed by atoms with Gasteiger partial charge in [-0.1, -0.05) is 30.3 Å². The molecule has 20 heavy (non-hydrogen) atoms. The highest BCUT2D eigenvalue weighted by atomic mass is 32.1. The zero-order valence-corrected chi connectivity index (χ0v) is 11.8. The van der Waals surface area contributed by atoms with Crippen molar-refractivity contribution in [2.45, 2.75) is 12.6 Å². The molecule has 2 rings (SSSR count). The molecule has 0 saturated carbocycles. The molecule has 0 fully saturated rings. The maximum absolute atomic E-state index is 11.9. The third-order valence-corrected chi connectivity index (χ3v) is 3.77. The van der Waals surface area contributed by atoms with Crippen LogP contribution in [0.4, 0.5) is 0 Å². The number of hydrogen-bond donors (Lipinski definition) is 1. The molecule has 1 aromatic carbocycles. The van der Waals surface area contributed by atoms with Gasteiger partial charge in [0.15, 0.2) is 0 Å². The van der Waals surface area contributed by atoms with Crippen molar-refractivity contribution in [2.24, 2.45) is 0 Å². The molecule has 2 aromatic rings. The molecule has 102 valence electrons. The van der Waals surface area contributed by atoms with Gasteiger partial charge >= 0.3 is 5.97 Å². The molecule has 0 spiro atoms. The van der Waals surface area contributed by atoms with Crippen LogP contribution in [0.25, 0.3) is 0 Å². The number of nitrogens with one attached hydrogen (secondary N) is 1. The number of thiophene rings is 1. The summed E-state index contributed by atoms with van der Waals surface area (Å²) in [6, 6.07) is 12.8. The lowest BCUT2D eigenvalue weighted by atomic mass is 10.1. The maximum atomic E-state index is 11.9. The van der Waals surface area contributed by atoms with Crippen molar-refractivity contribution in [3.63, 3.8) is 0 Å². The van der Waals surface area contributed by atoms with Crippen LogP contribution >= 0.6 is 11.3 Å². The Morgan fingerprint density at radius 2 is 2.20 bits per heavy atom. The van der Waals surface area contributed by atoms with Crippen LogP contribution in [0.3, 0.4) is 0 Å². The number of nitriles is 1. The van der Waals surface area contributed by atoms with Crippen molar-refractivity contribution in [3.8, 4) is 6.07 Å². The van der Waals surface area contributed by atoms with Gasteiger partial charge in [0.2, 0.25) is 0 Å². The fourth-order valence-electron chi connectivity index (χ4n) is 1.84. The van der Waals surface area contributed by atoms with Crippen molar-refractivity contribution < 1.29 is 9.53 Å². The topological polar surface area (TPSA) is 62.1 Å². The average molecular weight is 286 g/mol. The minimum Gasteiger partial charge on any atom is -0.468 e. The van der Waals surface area contributed by atoms with Crippen molar-refractivity contribution >= 4 is 17.3 Å². The van der Waals surface area contributed by atoms with E-state index < -0.39 is 6.04 Å². The summed E-state index contributed by atoms with van der Waals surface area (Å²) in [7, 11) is 1.37. The number of benzene rings is 1. The summed E-state index contributed by atoms with van der Waals surface area (Å²) >= 11 is 1.49. The summed E-state index contributed by atoms with van der Waals surface area (Å²) in [4.78, 5) is 12.9. The van der Waals surface area contributed by atoms with Gasteiger partial charge < -0.3 is 4.74 Å². The van der Waals surface area contributed by atoms with Gasteiger partial charge in [0.25, 0.3) is 0 Å². The van der Waals surface area contributed by atoms with E-state index in [-0.39, 0.29) is 5.97 Å². The highest BCUT2D eigenvalue weighted by Gasteiger charge is 2.20. The average Bonchev–Trinajstić information content (AvgIpc) is 2.96. The number of hydrogen-bond acceptors (Lipinski definition) is 5. The maximum Gasteiger partial charge on any atom is 0.327 e. The van der Waals surface area contributed by atoms with E-state index in [4.69, 9.17) is 10.00 Å². The number of rotatable bonds is 5. The Kier molecular flexibility index (Phi) is 4.88. The van der Waals surface area contributed by atoms with Crippen LogP contribution in [0.5, 0.6) is 0 Å². The van der Waals surface area contributed by atoms with E-state index in [9.17, 15) is 4.79 Å². The Balaban J connectivity index is 2.09. The van der Waals surface area contributed by atoms with Crippen LogP contribution in [0.15, 0.2) is 41.8 Å². The van der Waals surface area contributed by atoms with Gasteiger partial charge in [0.1, 0.15) is 12.1 Å². The van der Waals surface area contributed by atoms with Gasteiger partial charge in [-0.3, -0.25) is 5.32 Å². The first-order chi connectivity index (χ1) is 9.74. The first kappa shape index (κ1) is 14.3.